The van der Waals surface area contributed by atoms with Gasteiger partial charge in [0, 0.05) is 47.5 Å². The Hall–Kier alpha value is -1.96. The molecular formula is C19H22N4OS2. The molecule has 7 heteroatoms. The molecule has 1 N–H and O–H groups in total. The zero-order chi connectivity index (χ0) is 17.9. The van der Waals surface area contributed by atoms with Crippen molar-refractivity contribution in [2.75, 3.05) is 13.1 Å². The fraction of sp³-hybridized carbons (Fsp3) is 0.368. The molecule has 1 atom stereocenters. The van der Waals surface area contributed by atoms with Gasteiger partial charge in [-0.25, -0.2) is 4.98 Å². The minimum absolute atomic E-state index is 0.0333. The van der Waals surface area contributed by atoms with Crippen LogP contribution in [-0.2, 0) is 6.54 Å². The van der Waals surface area contributed by atoms with E-state index in [1.807, 2.05) is 24.6 Å². The van der Waals surface area contributed by atoms with E-state index in [4.69, 9.17) is 0 Å². The lowest BCUT2D eigenvalue weighted by Gasteiger charge is -2.24. The first-order valence-electron chi connectivity index (χ1n) is 8.94. The molecular weight excluding hydrogens is 364 g/mol. The van der Waals surface area contributed by atoms with E-state index in [-0.39, 0.29) is 5.91 Å². The van der Waals surface area contributed by atoms with Crippen molar-refractivity contribution in [2.24, 2.45) is 0 Å². The maximum absolute atomic E-state index is 12.1. The van der Waals surface area contributed by atoms with Crippen molar-refractivity contribution in [3.63, 3.8) is 0 Å². The Balaban J connectivity index is 1.51. The highest BCUT2D eigenvalue weighted by Crippen LogP contribution is 2.37. The predicted molar refractivity (Wildman–Crippen MR) is 106 cm³/mol. The van der Waals surface area contributed by atoms with Crippen molar-refractivity contribution in [1.82, 2.24) is 19.8 Å². The Kier molecular flexibility index (Phi) is 5.19. The van der Waals surface area contributed by atoms with Crippen molar-refractivity contribution in [2.45, 2.75) is 32.4 Å². The van der Waals surface area contributed by atoms with E-state index in [0.29, 0.717) is 12.6 Å². The minimum Gasteiger partial charge on any atom is -0.352 e. The maximum Gasteiger partial charge on any atom is 0.261 e. The number of rotatable bonds is 6. The molecule has 4 heterocycles. The van der Waals surface area contributed by atoms with Crippen LogP contribution in [0, 0.1) is 0 Å². The van der Waals surface area contributed by atoms with Gasteiger partial charge < -0.3 is 5.32 Å². The number of aromatic nitrogens is 2. The van der Waals surface area contributed by atoms with Gasteiger partial charge in [0.25, 0.3) is 5.91 Å². The second-order valence-electron chi connectivity index (χ2n) is 6.37. The van der Waals surface area contributed by atoms with Crippen LogP contribution in [-0.4, -0.2) is 33.4 Å². The van der Waals surface area contributed by atoms with Gasteiger partial charge in [-0.15, -0.1) is 22.7 Å². The van der Waals surface area contributed by atoms with E-state index in [0.717, 1.165) is 29.5 Å². The van der Waals surface area contributed by atoms with Gasteiger partial charge in [-0.2, -0.15) is 0 Å². The first-order valence-corrected chi connectivity index (χ1v) is 10.6. The van der Waals surface area contributed by atoms with E-state index in [9.17, 15) is 4.79 Å². The van der Waals surface area contributed by atoms with E-state index < -0.39 is 0 Å². The maximum atomic E-state index is 12.1. The van der Waals surface area contributed by atoms with Crippen LogP contribution in [0.15, 0.2) is 42.0 Å². The zero-order valence-electron chi connectivity index (χ0n) is 14.7. The SMILES string of the molecule is CCNC(=O)c1ccc([C@@H]2CCCN2Cc2cccn2-c2nccs2)s1. The largest absolute Gasteiger partial charge is 0.352 e. The predicted octanol–water partition coefficient (Wildman–Crippen LogP) is 4.08. The molecule has 1 amide bonds. The smallest absolute Gasteiger partial charge is 0.261 e. The summed E-state index contributed by atoms with van der Waals surface area (Å²) >= 11 is 3.28. The molecule has 5 nitrogen and oxygen atoms in total. The fourth-order valence-corrected chi connectivity index (χ4v) is 5.26. The van der Waals surface area contributed by atoms with Crippen LogP contribution in [0.25, 0.3) is 5.13 Å². The average molecular weight is 387 g/mol. The summed E-state index contributed by atoms with van der Waals surface area (Å²) in [5.74, 6) is 0.0333. The molecule has 26 heavy (non-hydrogen) atoms. The molecule has 0 spiro atoms. The lowest BCUT2D eigenvalue weighted by Crippen LogP contribution is -2.23. The summed E-state index contributed by atoms with van der Waals surface area (Å²) in [5.41, 5.74) is 1.26. The van der Waals surface area contributed by atoms with E-state index in [1.54, 1.807) is 22.7 Å². The topological polar surface area (TPSA) is 50.2 Å². The Morgan fingerprint density at radius 1 is 1.38 bits per heavy atom. The lowest BCUT2D eigenvalue weighted by molar-refractivity contribution is 0.0960. The van der Waals surface area contributed by atoms with Gasteiger partial charge in [0.1, 0.15) is 0 Å². The number of nitrogens with zero attached hydrogens (tertiary/aromatic N) is 3. The van der Waals surface area contributed by atoms with Crippen LogP contribution in [0.3, 0.4) is 0 Å². The third-order valence-corrected chi connectivity index (χ3v) is 6.66. The monoisotopic (exact) mass is 386 g/mol. The van der Waals surface area contributed by atoms with E-state index >= 15 is 0 Å². The number of thiazole rings is 1. The quantitative estimate of drug-likeness (QED) is 0.694. The van der Waals surface area contributed by atoms with Gasteiger partial charge in [-0.05, 0) is 50.6 Å². The molecule has 136 valence electrons. The number of hydrogen-bond acceptors (Lipinski definition) is 5. The molecule has 1 fully saturated rings. The summed E-state index contributed by atoms with van der Waals surface area (Å²) in [6.45, 7) is 4.59. The lowest BCUT2D eigenvalue weighted by atomic mass is 10.2. The Morgan fingerprint density at radius 2 is 2.31 bits per heavy atom. The summed E-state index contributed by atoms with van der Waals surface area (Å²) in [6, 6.07) is 8.73. The van der Waals surface area contributed by atoms with Crippen molar-refractivity contribution in [3.05, 3.63) is 57.5 Å². The molecule has 1 aliphatic rings. The molecule has 1 saturated heterocycles. The second-order valence-corrected chi connectivity index (χ2v) is 8.36. The zero-order valence-corrected chi connectivity index (χ0v) is 16.4. The molecule has 3 aromatic rings. The summed E-state index contributed by atoms with van der Waals surface area (Å²) < 4.78 is 2.18. The summed E-state index contributed by atoms with van der Waals surface area (Å²) in [6.07, 6.45) is 6.26. The van der Waals surface area contributed by atoms with Crippen LogP contribution in [0.5, 0.6) is 0 Å². The van der Waals surface area contributed by atoms with Gasteiger partial charge in [-0.1, -0.05) is 0 Å². The number of amides is 1. The molecule has 3 aromatic heterocycles. The van der Waals surface area contributed by atoms with Crippen molar-refractivity contribution in [3.8, 4) is 5.13 Å². The fourth-order valence-electron chi connectivity index (χ4n) is 3.51. The average Bonchev–Trinajstić information content (AvgIpc) is 3.42. The van der Waals surface area contributed by atoms with Gasteiger partial charge >= 0.3 is 0 Å². The molecule has 0 aliphatic carbocycles. The second kappa shape index (κ2) is 7.73. The molecule has 0 aromatic carbocycles. The summed E-state index contributed by atoms with van der Waals surface area (Å²) in [4.78, 5) is 21.1. The Morgan fingerprint density at radius 3 is 3.12 bits per heavy atom. The highest BCUT2D eigenvalue weighted by atomic mass is 32.1. The molecule has 0 unspecified atom stereocenters. The highest BCUT2D eigenvalue weighted by molar-refractivity contribution is 7.14. The number of carbonyl (C=O) groups excluding carboxylic acids is 1. The van der Waals surface area contributed by atoms with Crippen molar-refractivity contribution < 1.29 is 4.79 Å². The normalized spacial score (nSPS) is 17.7. The third-order valence-electron chi connectivity index (χ3n) is 4.70. The Labute approximate surface area is 161 Å². The summed E-state index contributed by atoms with van der Waals surface area (Å²) in [7, 11) is 0. The molecule has 4 rings (SSSR count). The van der Waals surface area contributed by atoms with Crippen LogP contribution in [0.2, 0.25) is 0 Å². The van der Waals surface area contributed by atoms with E-state index in [2.05, 4.69) is 44.2 Å². The standard InChI is InChI=1S/C19H22N4OS2/c1-2-20-18(24)17-8-7-16(26-17)15-6-4-10-22(15)13-14-5-3-11-23(14)19-21-9-12-25-19/h3,5,7-9,11-12,15H,2,4,6,10,13H2,1H3,(H,20,24)/t15-/m0/s1. The van der Waals surface area contributed by atoms with Crippen molar-refractivity contribution in [1.29, 1.82) is 0 Å². The Bertz CT molecular complexity index is 868. The van der Waals surface area contributed by atoms with Gasteiger partial charge in [0.2, 0.25) is 0 Å². The van der Waals surface area contributed by atoms with Crippen LogP contribution >= 0.6 is 22.7 Å². The number of nitrogens with one attached hydrogen (secondary N) is 1. The van der Waals surface area contributed by atoms with Crippen molar-refractivity contribution >= 4 is 28.6 Å². The van der Waals surface area contributed by atoms with Gasteiger partial charge in [0.15, 0.2) is 5.13 Å². The molecule has 0 saturated carbocycles. The van der Waals surface area contributed by atoms with Crippen LogP contribution < -0.4 is 5.32 Å². The number of hydrogen-bond donors (Lipinski definition) is 1. The molecule has 0 radical (unpaired) electrons. The van der Waals surface area contributed by atoms with Gasteiger partial charge in [0.05, 0.1) is 4.88 Å². The van der Waals surface area contributed by atoms with E-state index in [1.165, 1.54) is 17.0 Å². The highest BCUT2D eigenvalue weighted by Gasteiger charge is 2.28. The first-order chi connectivity index (χ1) is 12.8. The third kappa shape index (κ3) is 3.47. The number of carbonyl (C=O) groups is 1. The molecule has 1 aliphatic heterocycles. The minimum atomic E-state index is 0.0333. The van der Waals surface area contributed by atoms with Crippen LogP contribution in [0.1, 0.15) is 46.0 Å². The number of thiophene rings is 1. The molecule has 0 bridgehead atoms. The first kappa shape index (κ1) is 17.5. The number of likely N-dealkylation sites (tertiary alicyclic amines) is 1. The van der Waals surface area contributed by atoms with Crippen LogP contribution in [0.4, 0.5) is 0 Å². The van der Waals surface area contributed by atoms with Gasteiger partial charge in [-0.3, -0.25) is 14.3 Å². The summed E-state index contributed by atoms with van der Waals surface area (Å²) in [5, 5.41) is 5.90.